The number of carbonyl (C=O) groups is 1. The minimum absolute atomic E-state index is 0.740. The van der Waals surface area contributed by atoms with Gasteiger partial charge in [-0.2, -0.15) is 0 Å². The van der Waals surface area contributed by atoms with Gasteiger partial charge in [0, 0.05) is 6.08 Å². The average Bonchev–Trinajstić information content (AvgIpc) is 2.45. The molecule has 0 fully saturated rings. The van der Waals surface area contributed by atoms with E-state index in [4.69, 9.17) is 5.11 Å². The predicted octanol–water partition coefficient (Wildman–Crippen LogP) is 4.07. The summed E-state index contributed by atoms with van der Waals surface area (Å²) in [5, 5.41) is 9.10. The lowest BCUT2D eigenvalue weighted by Gasteiger charge is -2.09. The van der Waals surface area contributed by atoms with Crippen molar-refractivity contribution in [3.8, 4) is 0 Å². The molecule has 1 N–H and O–H groups in total. The predicted molar refractivity (Wildman–Crippen MR) is 81.7 cm³/mol. The van der Waals surface area contributed by atoms with Crippen LogP contribution in [0.25, 0.3) is 5.57 Å². The summed E-state index contributed by atoms with van der Waals surface area (Å²) >= 11 is 0. The highest BCUT2D eigenvalue weighted by Gasteiger charge is 2.07. The van der Waals surface area contributed by atoms with Crippen molar-refractivity contribution < 1.29 is 9.90 Å². The molecule has 2 rings (SSSR count). The second-order valence-corrected chi connectivity index (χ2v) is 4.82. The van der Waals surface area contributed by atoms with E-state index in [0.717, 1.165) is 28.7 Å². The minimum atomic E-state index is -0.930. The van der Waals surface area contributed by atoms with Crippen LogP contribution in [0.2, 0.25) is 0 Å². The molecule has 0 aromatic heterocycles. The first kappa shape index (κ1) is 14.1. The van der Waals surface area contributed by atoms with E-state index < -0.39 is 5.97 Å². The van der Waals surface area contributed by atoms with Crippen molar-refractivity contribution in [2.75, 3.05) is 0 Å². The normalized spacial score (nSPS) is 11.4. The Hall–Kier alpha value is -2.35. The third-order valence-electron chi connectivity index (χ3n) is 3.27. The molecule has 2 aromatic rings. The zero-order valence-corrected chi connectivity index (χ0v) is 11.8. The van der Waals surface area contributed by atoms with Crippen molar-refractivity contribution in [1.82, 2.24) is 0 Å². The Morgan fingerprint density at radius 2 is 1.80 bits per heavy atom. The van der Waals surface area contributed by atoms with Gasteiger partial charge >= 0.3 is 5.97 Å². The van der Waals surface area contributed by atoms with Crippen LogP contribution in [0.4, 0.5) is 0 Å². The molecule has 0 saturated carbocycles. The summed E-state index contributed by atoms with van der Waals surface area (Å²) < 4.78 is 0. The van der Waals surface area contributed by atoms with Gasteiger partial charge < -0.3 is 5.11 Å². The third kappa shape index (κ3) is 3.35. The van der Waals surface area contributed by atoms with Gasteiger partial charge in [0.05, 0.1) is 0 Å². The van der Waals surface area contributed by atoms with Crippen LogP contribution in [0.15, 0.2) is 54.6 Å². The number of carboxylic acids is 1. The molecule has 0 aliphatic heterocycles. The first-order valence-electron chi connectivity index (χ1n) is 6.71. The highest BCUT2D eigenvalue weighted by Crippen LogP contribution is 2.24. The molecule has 0 heterocycles. The summed E-state index contributed by atoms with van der Waals surface area (Å²) in [4.78, 5) is 11.1. The summed E-state index contributed by atoms with van der Waals surface area (Å²) in [7, 11) is 0. The average molecular weight is 266 g/mol. The maximum atomic E-state index is 11.1. The number of aliphatic carboxylic acids is 1. The highest BCUT2D eigenvalue weighted by molar-refractivity contribution is 5.95. The summed E-state index contributed by atoms with van der Waals surface area (Å²) in [5.74, 6) is -0.930. The van der Waals surface area contributed by atoms with Crippen molar-refractivity contribution in [2.45, 2.75) is 20.3 Å². The fourth-order valence-corrected chi connectivity index (χ4v) is 2.19. The van der Waals surface area contributed by atoms with E-state index in [-0.39, 0.29) is 0 Å². The van der Waals surface area contributed by atoms with Gasteiger partial charge in [0.2, 0.25) is 0 Å². The zero-order chi connectivity index (χ0) is 14.5. The van der Waals surface area contributed by atoms with Crippen molar-refractivity contribution in [3.05, 3.63) is 76.9 Å². The van der Waals surface area contributed by atoms with Crippen LogP contribution in [-0.2, 0) is 11.2 Å². The van der Waals surface area contributed by atoms with Crippen LogP contribution in [0, 0.1) is 6.92 Å². The topological polar surface area (TPSA) is 37.3 Å². The minimum Gasteiger partial charge on any atom is -0.478 e. The summed E-state index contributed by atoms with van der Waals surface area (Å²) in [6.45, 7) is 4.10. The number of hydrogen-bond donors (Lipinski definition) is 1. The smallest absolute Gasteiger partial charge is 0.328 e. The molecule has 2 nitrogen and oxygen atoms in total. The van der Waals surface area contributed by atoms with E-state index in [9.17, 15) is 4.79 Å². The second kappa shape index (κ2) is 6.20. The Morgan fingerprint density at radius 1 is 1.10 bits per heavy atom. The molecule has 0 bridgehead atoms. The fraction of sp³-hybridized carbons (Fsp3) is 0.167. The molecule has 2 aromatic carbocycles. The van der Waals surface area contributed by atoms with Gasteiger partial charge in [0.25, 0.3) is 0 Å². The van der Waals surface area contributed by atoms with E-state index in [2.05, 4.69) is 6.92 Å². The lowest BCUT2D eigenvalue weighted by Crippen LogP contribution is -1.95. The number of carboxylic acid groups (broad SMARTS) is 1. The quantitative estimate of drug-likeness (QED) is 0.847. The Kier molecular flexibility index (Phi) is 4.36. The lowest BCUT2D eigenvalue weighted by molar-refractivity contribution is -0.131. The van der Waals surface area contributed by atoms with Crippen LogP contribution in [-0.4, -0.2) is 11.1 Å². The number of hydrogen-bond acceptors (Lipinski definition) is 1. The monoisotopic (exact) mass is 266 g/mol. The molecule has 2 heteroatoms. The van der Waals surface area contributed by atoms with E-state index in [0.29, 0.717) is 0 Å². The van der Waals surface area contributed by atoms with Crippen LogP contribution in [0.5, 0.6) is 0 Å². The molecule has 0 radical (unpaired) electrons. The summed E-state index contributed by atoms with van der Waals surface area (Å²) in [5.41, 5.74) is 4.95. The third-order valence-corrected chi connectivity index (χ3v) is 3.27. The largest absolute Gasteiger partial charge is 0.478 e. The van der Waals surface area contributed by atoms with Crippen LogP contribution < -0.4 is 0 Å². The molecule has 20 heavy (non-hydrogen) atoms. The Morgan fingerprint density at radius 3 is 2.35 bits per heavy atom. The maximum Gasteiger partial charge on any atom is 0.328 e. The highest BCUT2D eigenvalue weighted by atomic mass is 16.4. The standard InChI is InChI=1S/C18H18O2/c1-3-14-7-9-15(10-8-14)17(12-18(19)20)16-6-4-5-13(2)11-16/h4-12H,3H2,1-2H3,(H,19,20)/b17-12-. The van der Waals surface area contributed by atoms with Gasteiger partial charge in [0.1, 0.15) is 0 Å². The molecule has 0 amide bonds. The van der Waals surface area contributed by atoms with E-state index in [1.54, 1.807) is 0 Å². The second-order valence-electron chi connectivity index (χ2n) is 4.82. The SMILES string of the molecule is CCc1ccc(/C(=C/C(=O)O)c2cccc(C)c2)cc1. The Bertz CT molecular complexity index is 637. The fourth-order valence-electron chi connectivity index (χ4n) is 2.19. The lowest BCUT2D eigenvalue weighted by atomic mass is 9.95. The van der Waals surface area contributed by atoms with Crippen LogP contribution in [0.3, 0.4) is 0 Å². The molecular formula is C18H18O2. The maximum absolute atomic E-state index is 11.1. The Labute approximate surface area is 119 Å². The molecule has 0 aliphatic rings. The van der Waals surface area contributed by atoms with Gasteiger partial charge in [0.15, 0.2) is 0 Å². The van der Waals surface area contributed by atoms with Gasteiger partial charge in [-0.05, 0) is 35.6 Å². The molecule has 0 saturated heterocycles. The van der Waals surface area contributed by atoms with Crippen molar-refractivity contribution >= 4 is 11.5 Å². The zero-order valence-electron chi connectivity index (χ0n) is 11.8. The van der Waals surface area contributed by atoms with Gasteiger partial charge in [-0.3, -0.25) is 0 Å². The number of rotatable bonds is 4. The van der Waals surface area contributed by atoms with E-state index in [1.807, 2.05) is 55.5 Å². The van der Waals surface area contributed by atoms with Crippen LogP contribution >= 0.6 is 0 Å². The summed E-state index contributed by atoms with van der Waals surface area (Å²) in [6.07, 6.45) is 2.25. The molecule has 0 aliphatic carbocycles. The van der Waals surface area contributed by atoms with Crippen molar-refractivity contribution in [2.24, 2.45) is 0 Å². The van der Waals surface area contributed by atoms with Gasteiger partial charge in [-0.15, -0.1) is 0 Å². The summed E-state index contributed by atoms with van der Waals surface area (Å²) in [6, 6.07) is 15.9. The van der Waals surface area contributed by atoms with Crippen molar-refractivity contribution in [1.29, 1.82) is 0 Å². The van der Waals surface area contributed by atoms with E-state index in [1.165, 1.54) is 11.6 Å². The van der Waals surface area contributed by atoms with Crippen LogP contribution in [0.1, 0.15) is 29.2 Å². The van der Waals surface area contributed by atoms with Crippen molar-refractivity contribution in [3.63, 3.8) is 0 Å². The van der Waals surface area contributed by atoms with Gasteiger partial charge in [-0.25, -0.2) is 4.79 Å². The molecular weight excluding hydrogens is 248 g/mol. The molecule has 0 unspecified atom stereocenters. The first-order valence-corrected chi connectivity index (χ1v) is 6.71. The number of aryl methyl sites for hydroxylation is 2. The number of benzene rings is 2. The van der Waals surface area contributed by atoms with E-state index >= 15 is 0 Å². The molecule has 0 spiro atoms. The molecule has 0 atom stereocenters. The molecule has 102 valence electrons. The van der Waals surface area contributed by atoms with Gasteiger partial charge in [-0.1, -0.05) is 61.0 Å². The Balaban J connectivity index is 2.50. The first-order chi connectivity index (χ1) is 9.60.